The van der Waals surface area contributed by atoms with Gasteiger partial charge in [-0.1, -0.05) is 32.1 Å². The van der Waals surface area contributed by atoms with E-state index in [9.17, 15) is 4.79 Å². The Bertz CT molecular complexity index is 391. The molecule has 2 rings (SSSR count). The fraction of sp³-hybridized carbons (Fsp3) is 0.538. The van der Waals surface area contributed by atoms with Crippen molar-refractivity contribution in [1.29, 1.82) is 0 Å². The molecule has 1 fully saturated rings. The summed E-state index contributed by atoms with van der Waals surface area (Å²) in [7, 11) is 0. The van der Waals surface area contributed by atoms with Crippen LogP contribution in [-0.4, -0.2) is 11.1 Å². The lowest BCUT2D eigenvalue weighted by atomic mass is 9.86. The predicted molar refractivity (Wildman–Crippen MR) is 62.3 cm³/mol. The number of nitrogens with zero attached hydrogens (tertiary/aromatic N) is 2. The number of hydrogen-bond acceptors (Lipinski definition) is 3. The molecule has 1 saturated carbocycles. The first kappa shape index (κ1) is 11.0. The van der Waals surface area contributed by atoms with Crippen LogP contribution < -0.4 is 0 Å². The second-order valence-corrected chi connectivity index (χ2v) is 4.38. The molecule has 0 unspecified atom stereocenters. The lowest BCUT2D eigenvalue weighted by Crippen LogP contribution is -2.10. The van der Waals surface area contributed by atoms with Gasteiger partial charge in [0.15, 0.2) is 0 Å². The van der Waals surface area contributed by atoms with Crippen LogP contribution in [0.5, 0.6) is 0 Å². The molecule has 1 aliphatic rings. The molecular formula is C13H16N2O. The number of isocyanates is 1. The fourth-order valence-corrected chi connectivity index (χ4v) is 2.40. The van der Waals surface area contributed by atoms with Gasteiger partial charge in [-0.2, -0.15) is 4.99 Å². The molecule has 0 saturated heterocycles. The van der Waals surface area contributed by atoms with E-state index in [0.29, 0.717) is 11.6 Å². The van der Waals surface area contributed by atoms with Crippen LogP contribution in [-0.2, 0) is 11.2 Å². The zero-order chi connectivity index (χ0) is 11.2. The predicted octanol–water partition coefficient (Wildman–Crippen LogP) is 3.17. The highest BCUT2D eigenvalue weighted by molar-refractivity contribution is 5.51. The molecule has 0 bridgehead atoms. The van der Waals surface area contributed by atoms with E-state index in [2.05, 4.69) is 9.98 Å². The topological polar surface area (TPSA) is 42.3 Å². The minimum atomic E-state index is 0.683. The second kappa shape index (κ2) is 5.57. The van der Waals surface area contributed by atoms with Crippen LogP contribution in [0.3, 0.4) is 0 Å². The molecule has 1 aliphatic carbocycles. The average molecular weight is 216 g/mol. The Hall–Kier alpha value is -1.47. The minimum Gasteiger partial charge on any atom is -0.259 e. The standard InChI is InChI=1S/C13H16N2O/c16-10-15-12-7-4-8-14-13(12)9-11-5-2-1-3-6-11/h4,7-8,11H,1-3,5-6,9H2. The number of aliphatic imine (C=N–C) groups is 1. The van der Waals surface area contributed by atoms with E-state index >= 15 is 0 Å². The monoisotopic (exact) mass is 216 g/mol. The van der Waals surface area contributed by atoms with E-state index < -0.39 is 0 Å². The summed E-state index contributed by atoms with van der Waals surface area (Å²) in [5.74, 6) is 0.712. The van der Waals surface area contributed by atoms with E-state index in [-0.39, 0.29) is 0 Å². The lowest BCUT2D eigenvalue weighted by Gasteiger charge is -2.21. The van der Waals surface area contributed by atoms with Gasteiger partial charge in [-0.15, -0.1) is 0 Å². The molecule has 0 N–H and O–H groups in total. The highest BCUT2D eigenvalue weighted by Gasteiger charge is 2.16. The van der Waals surface area contributed by atoms with Crippen molar-refractivity contribution < 1.29 is 4.79 Å². The molecule has 0 atom stereocenters. The molecule has 84 valence electrons. The fourth-order valence-electron chi connectivity index (χ4n) is 2.40. The van der Waals surface area contributed by atoms with Crippen LogP contribution in [0.25, 0.3) is 0 Å². The number of carbonyl (C=O) groups excluding carboxylic acids is 1. The zero-order valence-corrected chi connectivity index (χ0v) is 9.35. The molecule has 3 nitrogen and oxygen atoms in total. The molecule has 1 aromatic rings. The first-order valence-electron chi connectivity index (χ1n) is 5.92. The molecule has 1 aromatic heterocycles. The van der Waals surface area contributed by atoms with Gasteiger partial charge in [-0.05, 0) is 24.5 Å². The van der Waals surface area contributed by atoms with Crippen LogP contribution in [0.15, 0.2) is 23.3 Å². The molecule has 0 amide bonds. The molecule has 1 heterocycles. The Morgan fingerprint density at radius 2 is 2.19 bits per heavy atom. The summed E-state index contributed by atoms with van der Waals surface area (Å²) in [4.78, 5) is 18.3. The van der Waals surface area contributed by atoms with Gasteiger partial charge in [0, 0.05) is 6.20 Å². The molecule has 0 radical (unpaired) electrons. The average Bonchev–Trinajstić information content (AvgIpc) is 2.33. The molecule has 16 heavy (non-hydrogen) atoms. The first-order chi connectivity index (χ1) is 7.90. The van der Waals surface area contributed by atoms with E-state index in [0.717, 1.165) is 12.1 Å². The van der Waals surface area contributed by atoms with Crippen molar-refractivity contribution in [3.05, 3.63) is 24.0 Å². The van der Waals surface area contributed by atoms with E-state index in [1.54, 1.807) is 18.3 Å². The van der Waals surface area contributed by atoms with Gasteiger partial charge in [-0.25, -0.2) is 4.79 Å². The molecule has 3 heteroatoms. The Balaban J connectivity index is 2.10. The summed E-state index contributed by atoms with van der Waals surface area (Å²) < 4.78 is 0. The number of pyridine rings is 1. The van der Waals surface area contributed by atoms with E-state index in [4.69, 9.17) is 0 Å². The highest BCUT2D eigenvalue weighted by Crippen LogP contribution is 2.28. The van der Waals surface area contributed by atoms with Gasteiger partial charge >= 0.3 is 0 Å². The van der Waals surface area contributed by atoms with E-state index in [1.165, 1.54) is 32.1 Å². The maximum Gasteiger partial charge on any atom is 0.240 e. The maximum atomic E-state index is 10.3. The third kappa shape index (κ3) is 2.77. The van der Waals surface area contributed by atoms with Crippen LogP contribution in [0.1, 0.15) is 37.8 Å². The van der Waals surface area contributed by atoms with Crippen molar-refractivity contribution in [3.63, 3.8) is 0 Å². The van der Waals surface area contributed by atoms with Crippen molar-refractivity contribution in [1.82, 2.24) is 4.98 Å². The van der Waals surface area contributed by atoms with Crippen molar-refractivity contribution >= 4 is 11.8 Å². The first-order valence-corrected chi connectivity index (χ1v) is 5.92. The SMILES string of the molecule is O=C=Nc1cccnc1CC1CCCCC1. The number of hydrogen-bond donors (Lipinski definition) is 0. The Morgan fingerprint density at radius 1 is 1.38 bits per heavy atom. The summed E-state index contributed by atoms with van der Waals surface area (Å²) in [6.45, 7) is 0. The van der Waals surface area contributed by atoms with Crippen molar-refractivity contribution in [2.24, 2.45) is 10.9 Å². The van der Waals surface area contributed by atoms with Gasteiger partial charge in [0.05, 0.1) is 11.4 Å². The van der Waals surface area contributed by atoms with Gasteiger partial charge in [0.2, 0.25) is 6.08 Å². The van der Waals surface area contributed by atoms with Gasteiger partial charge in [-0.3, -0.25) is 4.98 Å². The smallest absolute Gasteiger partial charge is 0.240 e. The maximum absolute atomic E-state index is 10.3. The quantitative estimate of drug-likeness (QED) is 0.575. The Labute approximate surface area is 95.6 Å². The van der Waals surface area contributed by atoms with Crippen LogP contribution in [0.2, 0.25) is 0 Å². The third-order valence-electron chi connectivity index (χ3n) is 3.24. The number of aromatic nitrogens is 1. The molecule has 0 aromatic carbocycles. The summed E-state index contributed by atoms with van der Waals surface area (Å²) in [6.07, 6.45) is 10.9. The summed E-state index contributed by atoms with van der Waals surface area (Å²) >= 11 is 0. The molecule has 0 aliphatic heterocycles. The van der Waals surface area contributed by atoms with Gasteiger partial charge in [0.25, 0.3) is 0 Å². The minimum absolute atomic E-state index is 0.683. The zero-order valence-electron chi connectivity index (χ0n) is 9.35. The molecular weight excluding hydrogens is 200 g/mol. The van der Waals surface area contributed by atoms with Crippen molar-refractivity contribution in [2.75, 3.05) is 0 Å². The Morgan fingerprint density at radius 3 is 2.94 bits per heavy atom. The van der Waals surface area contributed by atoms with Crippen molar-refractivity contribution in [2.45, 2.75) is 38.5 Å². The highest BCUT2D eigenvalue weighted by atomic mass is 16.1. The van der Waals surface area contributed by atoms with E-state index in [1.807, 2.05) is 6.07 Å². The lowest BCUT2D eigenvalue weighted by molar-refractivity contribution is 0.354. The summed E-state index contributed by atoms with van der Waals surface area (Å²) in [5.41, 5.74) is 1.63. The van der Waals surface area contributed by atoms with Gasteiger partial charge < -0.3 is 0 Å². The third-order valence-corrected chi connectivity index (χ3v) is 3.24. The normalized spacial score (nSPS) is 16.8. The number of rotatable bonds is 3. The largest absolute Gasteiger partial charge is 0.259 e. The Kier molecular flexibility index (Phi) is 3.84. The molecule has 0 spiro atoms. The van der Waals surface area contributed by atoms with Crippen LogP contribution >= 0.6 is 0 Å². The summed E-state index contributed by atoms with van der Waals surface area (Å²) in [6, 6.07) is 3.64. The van der Waals surface area contributed by atoms with Crippen LogP contribution in [0, 0.1) is 5.92 Å². The summed E-state index contributed by atoms with van der Waals surface area (Å²) in [5, 5.41) is 0. The van der Waals surface area contributed by atoms with Gasteiger partial charge in [0.1, 0.15) is 0 Å². The van der Waals surface area contributed by atoms with Crippen molar-refractivity contribution in [3.8, 4) is 0 Å². The second-order valence-electron chi connectivity index (χ2n) is 4.38. The van der Waals surface area contributed by atoms with Crippen LogP contribution in [0.4, 0.5) is 5.69 Å².